The fourth-order valence-corrected chi connectivity index (χ4v) is 3.00. The van der Waals surface area contributed by atoms with E-state index in [0.29, 0.717) is 5.41 Å². The molecule has 0 bridgehead atoms. The van der Waals surface area contributed by atoms with Crippen LogP contribution in [0.25, 0.3) is 0 Å². The van der Waals surface area contributed by atoms with E-state index in [1.165, 1.54) is 44.9 Å². The van der Waals surface area contributed by atoms with Crippen molar-refractivity contribution in [3.05, 3.63) is 0 Å². The Balaban J connectivity index is 2.60. The van der Waals surface area contributed by atoms with Crippen LogP contribution in [0.4, 0.5) is 0 Å². The third-order valence-corrected chi connectivity index (χ3v) is 4.29. The van der Waals surface area contributed by atoms with Gasteiger partial charge >= 0.3 is 0 Å². The molecule has 1 aliphatic rings. The maximum absolute atomic E-state index is 5.96. The Hall–Kier alpha value is -0.0400. The molecule has 2 N–H and O–H groups in total. The Morgan fingerprint density at radius 1 is 1.08 bits per heavy atom. The SMILES string of the molecule is CCC(CC)(CN)C1CCCCC1. The summed E-state index contributed by atoms with van der Waals surface area (Å²) in [5, 5.41) is 0. The van der Waals surface area contributed by atoms with Crippen LogP contribution in [0.15, 0.2) is 0 Å². The zero-order valence-electron chi connectivity index (χ0n) is 9.31. The lowest BCUT2D eigenvalue weighted by molar-refractivity contribution is 0.113. The van der Waals surface area contributed by atoms with E-state index < -0.39 is 0 Å². The third-order valence-electron chi connectivity index (χ3n) is 4.29. The average molecular weight is 183 g/mol. The van der Waals surface area contributed by atoms with Crippen LogP contribution in [0.5, 0.6) is 0 Å². The minimum Gasteiger partial charge on any atom is -0.330 e. The normalized spacial score (nSPS) is 20.5. The van der Waals surface area contributed by atoms with Gasteiger partial charge in [0.25, 0.3) is 0 Å². The molecule has 1 aliphatic carbocycles. The van der Waals surface area contributed by atoms with Crippen molar-refractivity contribution >= 4 is 0 Å². The van der Waals surface area contributed by atoms with Gasteiger partial charge < -0.3 is 5.73 Å². The molecular formula is C12H25N. The predicted octanol–water partition coefficient (Wildman–Crippen LogP) is 3.33. The highest BCUT2D eigenvalue weighted by Gasteiger charge is 2.34. The van der Waals surface area contributed by atoms with Gasteiger partial charge in [0.1, 0.15) is 0 Å². The Kier molecular flexibility index (Phi) is 4.24. The number of nitrogens with two attached hydrogens (primary N) is 1. The molecule has 0 aliphatic heterocycles. The Morgan fingerprint density at radius 2 is 1.62 bits per heavy atom. The minimum atomic E-state index is 0.473. The molecule has 0 amide bonds. The van der Waals surface area contributed by atoms with Crippen molar-refractivity contribution in [1.82, 2.24) is 0 Å². The predicted molar refractivity (Wildman–Crippen MR) is 58.6 cm³/mol. The van der Waals surface area contributed by atoms with E-state index in [4.69, 9.17) is 5.73 Å². The summed E-state index contributed by atoms with van der Waals surface area (Å²) >= 11 is 0. The van der Waals surface area contributed by atoms with Crippen molar-refractivity contribution < 1.29 is 0 Å². The maximum atomic E-state index is 5.96. The summed E-state index contributed by atoms with van der Waals surface area (Å²) < 4.78 is 0. The molecule has 0 aromatic heterocycles. The van der Waals surface area contributed by atoms with Crippen LogP contribution in [-0.4, -0.2) is 6.54 Å². The summed E-state index contributed by atoms with van der Waals surface area (Å²) in [7, 11) is 0. The summed E-state index contributed by atoms with van der Waals surface area (Å²) in [6.45, 7) is 5.51. The molecule has 0 unspecified atom stereocenters. The van der Waals surface area contributed by atoms with Crippen molar-refractivity contribution in [3.8, 4) is 0 Å². The molecule has 1 fully saturated rings. The summed E-state index contributed by atoms with van der Waals surface area (Å²) in [4.78, 5) is 0. The molecule has 78 valence electrons. The van der Waals surface area contributed by atoms with Crippen LogP contribution in [0.1, 0.15) is 58.8 Å². The van der Waals surface area contributed by atoms with Crippen LogP contribution in [0.3, 0.4) is 0 Å². The Morgan fingerprint density at radius 3 is 2.00 bits per heavy atom. The van der Waals surface area contributed by atoms with Gasteiger partial charge in [0.15, 0.2) is 0 Å². The van der Waals surface area contributed by atoms with Gasteiger partial charge in [-0.1, -0.05) is 33.1 Å². The molecule has 0 aromatic rings. The lowest BCUT2D eigenvalue weighted by Gasteiger charge is -2.41. The van der Waals surface area contributed by atoms with Gasteiger partial charge in [0, 0.05) is 0 Å². The van der Waals surface area contributed by atoms with Gasteiger partial charge in [-0.05, 0) is 43.6 Å². The number of rotatable bonds is 4. The van der Waals surface area contributed by atoms with E-state index >= 15 is 0 Å². The van der Waals surface area contributed by atoms with E-state index in [-0.39, 0.29) is 0 Å². The first-order valence-electron chi connectivity index (χ1n) is 5.99. The van der Waals surface area contributed by atoms with E-state index in [0.717, 1.165) is 12.5 Å². The molecule has 1 nitrogen and oxygen atoms in total. The third kappa shape index (κ3) is 2.25. The van der Waals surface area contributed by atoms with Crippen molar-refractivity contribution in [2.45, 2.75) is 58.8 Å². The highest BCUT2D eigenvalue weighted by atomic mass is 14.6. The minimum absolute atomic E-state index is 0.473. The van der Waals surface area contributed by atoms with Crippen molar-refractivity contribution in [3.63, 3.8) is 0 Å². The zero-order chi connectivity index (χ0) is 9.73. The lowest BCUT2D eigenvalue weighted by Crippen LogP contribution is -2.38. The highest BCUT2D eigenvalue weighted by molar-refractivity contribution is 4.86. The molecule has 1 heteroatoms. The zero-order valence-corrected chi connectivity index (χ0v) is 9.31. The molecule has 0 atom stereocenters. The standard InChI is InChI=1S/C12H25N/c1-3-12(4-2,10-13)11-8-6-5-7-9-11/h11H,3-10,13H2,1-2H3. The molecular weight excluding hydrogens is 158 g/mol. The molecule has 0 aromatic carbocycles. The van der Waals surface area contributed by atoms with Gasteiger partial charge in [-0.3, -0.25) is 0 Å². The quantitative estimate of drug-likeness (QED) is 0.711. The topological polar surface area (TPSA) is 26.0 Å². The van der Waals surface area contributed by atoms with Crippen LogP contribution in [-0.2, 0) is 0 Å². The van der Waals surface area contributed by atoms with E-state index in [1.54, 1.807) is 0 Å². The van der Waals surface area contributed by atoms with Crippen molar-refractivity contribution in [2.24, 2.45) is 17.1 Å². The van der Waals surface area contributed by atoms with E-state index in [9.17, 15) is 0 Å². The highest BCUT2D eigenvalue weighted by Crippen LogP contribution is 2.42. The van der Waals surface area contributed by atoms with Crippen molar-refractivity contribution in [2.75, 3.05) is 6.54 Å². The first kappa shape index (κ1) is 11.0. The molecule has 0 radical (unpaired) electrons. The lowest BCUT2D eigenvalue weighted by atomic mass is 9.66. The van der Waals surface area contributed by atoms with E-state index in [2.05, 4.69) is 13.8 Å². The first-order chi connectivity index (χ1) is 6.29. The van der Waals surface area contributed by atoms with E-state index in [1.807, 2.05) is 0 Å². The molecule has 0 spiro atoms. The van der Waals surface area contributed by atoms with Crippen LogP contribution >= 0.6 is 0 Å². The first-order valence-corrected chi connectivity index (χ1v) is 5.99. The van der Waals surface area contributed by atoms with Gasteiger partial charge in [-0.15, -0.1) is 0 Å². The molecule has 1 rings (SSSR count). The number of hydrogen-bond acceptors (Lipinski definition) is 1. The van der Waals surface area contributed by atoms with Crippen LogP contribution in [0.2, 0.25) is 0 Å². The summed E-state index contributed by atoms with van der Waals surface area (Å²) in [6, 6.07) is 0. The van der Waals surface area contributed by atoms with Crippen molar-refractivity contribution in [1.29, 1.82) is 0 Å². The monoisotopic (exact) mass is 183 g/mol. The number of hydrogen-bond donors (Lipinski definition) is 1. The van der Waals surface area contributed by atoms with Crippen LogP contribution in [0, 0.1) is 11.3 Å². The van der Waals surface area contributed by atoms with Crippen LogP contribution < -0.4 is 5.73 Å². The second kappa shape index (κ2) is 4.99. The second-order valence-corrected chi connectivity index (χ2v) is 4.61. The Labute approximate surface area is 83.1 Å². The molecule has 1 saturated carbocycles. The Bertz CT molecular complexity index is 124. The van der Waals surface area contributed by atoms with Gasteiger partial charge in [0.2, 0.25) is 0 Å². The molecule has 0 heterocycles. The summed E-state index contributed by atoms with van der Waals surface area (Å²) in [6.07, 6.45) is 9.72. The van der Waals surface area contributed by atoms with Gasteiger partial charge in [-0.25, -0.2) is 0 Å². The largest absolute Gasteiger partial charge is 0.330 e. The maximum Gasteiger partial charge on any atom is -0.00181 e. The summed E-state index contributed by atoms with van der Waals surface area (Å²) in [5.41, 5.74) is 6.43. The fourth-order valence-electron chi connectivity index (χ4n) is 3.00. The van der Waals surface area contributed by atoms with Gasteiger partial charge in [-0.2, -0.15) is 0 Å². The second-order valence-electron chi connectivity index (χ2n) is 4.61. The fraction of sp³-hybridized carbons (Fsp3) is 1.00. The smallest absolute Gasteiger partial charge is 0.00181 e. The summed E-state index contributed by atoms with van der Waals surface area (Å²) in [5.74, 6) is 0.918. The molecule has 13 heavy (non-hydrogen) atoms. The average Bonchev–Trinajstić information content (AvgIpc) is 2.23. The molecule has 0 saturated heterocycles. The van der Waals surface area contributed by atoms with Gasteiger partial charge in [0.05, 0.1) is 0 Å².